The van der Waals surface area contributed by atoms with Gasteiger partial charge in [0.2, 0.25) is 5.89 Å². The molecule has 0 fully saturated rings. The van der Waals surface area contributed by atoms with Crippen LogP contribution in [0.15, 0.2) is 46.9 Å². The van der Waals surface area contributed by atoms with Crippen LogP contribution in [0.3, 0.4) is 0 Å². The van der Waals surface area contributed by atoms with Crippen molar-refractivity contribution in [2.75, 3.05) is 7.11 Å². The van der Waals surface area contributed by atoms with E-state index in [1.54, 1.807) is 24.3 Å². The summed E-state index contributed by atoms with van der Waals surface area (Å²) in [7, 11) is 1.31. The second-order valence-electron chi connectivity index (χ2n) is 4.99. The van der Waals surface area contributed by atoms with Gasteiger partial charge in [0.15, 0.2) is 0 Å². The van der Waals surface area contributed by atoms with Gasteiger partial charge in [-0.2, -0.15) is 0 Å². The third-order valence-corrected chi connectivity index (χ3v) is 3.36. The van der Waals surface area contributed by atoms with Gasteiger partial charge >= 0.3 is 5.97 Å². The molecule has 0 aliphatic carbocycles. The first-order valence-corrected chi connectivity index (χ1v) is 7.02. The molecule has 0 aliphatic rings. The van der Waals surface area contributed by atoms with Crippen LogP contribution in [0.5, 0.6) is 0 Å². The minimum atomic E-state index is -0.771. The van der Waals surface area contributed by atoms with Gasteiger partial charge in [-0.1, -0.05) is 12.1 Å². The molecule has 7 heteroatoms. The summed E-state index contributed by atoms with van der Waals surface area (Å²) < 4.78 is 36.7. The lowest BCUT2D eigenvalue weighted by atomic mass is 10.1. The van der Waals surface area contributed by atoms with E-state index in [-0.39, 0.29) is 17.3 Å². The number of methoxy groups -OCH3 is 1. The van der Waals surface area contributed by atoms with E-state index in [0.717, 1.165) is 17.7 Å². The van der Waals surface area contributed by atoms with Crippen molar-refractivity contribution < 1.29 is 22.7 Å². The number of aromatic nitrogens is 2. The molecule has 3 rings (SSSR count). The molecule has 122 valence electrons. The van der Waals surface area contributed by atoms with E-state index in [0.29, 0.717) is 12.0 Å². The molecular formula is C17H12F2N2O3. The maximum absolute atomic E-state index is 13.7. The molecule has 5 nitrogen and oxygen atoms in total. The zero-order chi connectivity index (χ0) is 17.1. The minimum absolute atomic E-state index is 0.0197. The highest BCUT2D eigenvalue weighted by Crippen LogP contribution is 2.23. The van der Waals surface area contributed by atoms with Gasteiger partial charge in [-0.15, -0.1) is 10.2 Å². The molecule has 0 aliphatic heterocycles. The normalized spacial score (nSPS) is 10.6. The molecule has 1 heterocycles. The maximum atomic E-state index is 13.7. The number of nitrogens with zero attached hydrogens (tertiary/aromatic N) is 2. The van der Waals surface area contributed by atoms with Crippen molar-refractivity contribution in [1.82, 2.24) is 10.2 Å². The number of esters is 1. The van der Waals surface area contributed by atoms with E-state index in [9.17, 15) is 13.6 Å². The largest absolute Gasteiger partial charge is 0.465 e. The highest BCUT2D eigenvalue weighted by Gasteiger charge is 2.14. The first-order chi connectivity index (χ1) is 11.6. The fraction of sp³-hybridized carbons (Fsp3) is 0.118. The van der Waals surface area contributed by atoms with E-state index in [1.807, 2.05) is 0 Å². The molecule has 3 aromatic rings. The van der Waals surface area contributed by atoms with Gasteiger partial charge in [-0.25, -0.2) is 13.6 Å². The Labute approximate surface area is 135 Å². The van der Waals surface area contributed by atoms with Crippen molar-refractivity contribution in [3.05, 3.63) is 71.1 Å². The minimum Gasteiger partial charge on any atom is -0.465 e. The fourth-order valence-corrected chi connectivity index (χ4v) is 2.15. The van der Waals surface area contributed by atoms with E-state index in [2.05, 4.69) is 14.9 Å². The number of hydrogen-bond acceptors (Lipinski definition) is 5. The summed E-state index contributed by atoms with van der Waals surface area (Å²) in [4.78, 5) is 11.4. The van der Waals surface area contributed by atoms with E-state index < -0.39 is 17.6 Å². The van der Waals surface area contributed by atoms with Crippen LogP contribution in [0.4, 0.5) is 8.78 Å². The van der Waals surface area contributed by atoms with Crippen LogP contribution in [-0.4, -0.2) is 23.3 Å². The molecule has 2 aromatic carbocycles. The van der Waals surface area contributed by atoms with Crippen LogP contribution < -0.4 is 0 Å². The summed E-state index contributed by atoms with van der Waals surface area (Å²) in [6, 6.07) is 9.82. The quantitative estimate of drug-likeness (QED) is 0.686. The lowest BCUT2D eigenvalue weighted by Gasteiger charge is -2.01. The fourth-order valence-electron chi connectivity index (χ4n) is 2.15. The first-order valence-electron chi connectivity index (χ1n) is 7.02. The zero-order valence-electron chi connectivity index (χ0n) is 12.6. The van der Waals surface area contributed by atoms with Crippen LogP contribution in [0.25, 0.3) is 11.5 Å². The van der Waals surface area contributed by atoms with Crippen molar-refractivity contribution in [1.29, 1.82) is 0 Å². The highest BCUT2D eigenvalue weighted by atomic mass is 19.1. The van der Waals surface area contributed by atoms with E-state index in [4.69, 9.17) is 4.42 Å². The Bertz CT molecular complexity index is 876. The number of rotatable bonds is 4. The number of benzene rings is 2. The van der Waals surface area contributed by atoms with Crippen molar-refractivity contribution in [2.45, 2.75) is 6.42 Å². The number of carbonyl (C=O) groups is 1. The Morgan fingerprint density at radius 2 is 1.88 bits per heavy atom. The summed E-state index contributed by atoms with van der Waals surface area (Å²) in [5.41, 5.74) is 1.30. The number of ether oxygens (including phenoxy) is 1. The average molecular weight is 330 g/mol. The topological polar surface area (TPSA) is 65.2 Å². The molecule has 0 amide bonds. The smallest absolute Gasteiger partial charge is 0.337 e. The van der Waals surface area contributed by atoms with Gasteiger partial charge in [0.1, 0.15) is 11.6 Å². The van der Waals surface area contributed by atoms with Gasteiger partial charge in [0.05, 0.1) is 24.7 Å². The third kappa shape index (κ3) is 3.29. The van der Waals surface area contributed by atoms with Crippen molar-refractivity contribution in [2.24, 2.45) is 0 Å². The number of halogens is 2. The van der Waals surface area contributed by atoms with Gasteiger partial charge in [-0.05, 0) is 29.8 Å². The SMILES string of the molecule is COC(=O)c1ccc(Cc2nnc(-c3ccc(F)cc3F)o2)cc1. The predicted octanol–water partition coefficient (Wildman–Crippen LogP) is 3.39. The molecule has 1 aromatic heterocycles. The van der Waals surface area contributed by atoms with Crippen molar-refractivity contribution in [3.63, 3.8) is 0 Å². The van der Waals surface area contributed by atoms with E-state index >= 15 is 0 Å². The van der Waals surface area contributed by atoms with Gasteiger partial charge in [-0.3, -0.25) is 0 Å². The Morgan fingerprint density at radius 3 is 2.54 bits per heavy atom. The highest BCUT2D eigenvalue weighted by molar-refractivity contribution is 5.89. The predicted molar refractivity (Wildman–Crippen MR) is 80.2 cm³/mol. The second kappa shape index (κ2) is 6.57. The summed E-state index contributed by atoms with van der Waals surface area (Å²) in [6.07, 6.45) is 0.317. The molecule has 0 saturated carbocycles. The van der Waals surface area contributed by atoms with Crippen LogP contribution in [0.1, 0.15) is 21.8 Å². The monoisotopic (exact) mass is 330 g/mol. The van der Waals surface area contributed by atoms with Crippen LogP contribution in [-0.2, 0) is 11.2 Å². The number of carbonyl (C=O) groups excluding carboxylic acids is 1. The van der Waals surface area contributed by atoms with Crippen LogP contribution in [0.2, 0.25) is 0 Å². The molecule has 0 saturated heterocycles. The summed E-state index contributed by atoms with van der Waals surface area (Å²) in [5.74, 6) is -1.61. The maximum Gasteiger partial charge on any atom is 0.337 e. The summed E-state index contributed by atoms with van der Waals surface area (Å²) in [5, 5.41) is 7.64. The number of hydrogen-bond donors (Lipinski definition) is 0. The lowest BCUT2D eigenvalue weighted by molar-refractivity contribution is 0.0600. The Kier molecular flexibility index (Phi) is 4.33. The zero-order valence-corrected chi connectivity index (χ0v) is 12.6. The van der Waals surface area contributed by atoms with Crippen molar-refractivity contribution in [3.8, 4) is 11.5 Å². The van der Waals surface area contributed by atoms with Crippen LogP contribution >= 0.6 is 0 Å². The van der Waals surface area contributed by atoms with Gasteiger partial charge < -0.3 is 9.15 Å². The molecule has 24 heavy (non-hydrogen) atoms. The molecule has 0 bridgehead atoms. The molecule has 0 N–H and O–H groups in total. The molecular weight excluding hydrogens is 318 g/mol. The summed E-state index contributed by atoms with van der Waals surface area (Å²) >= 11 is 0. The average Bonchev–Trinajstić information content (AvgIpc) is 3.03. The van der Waals surface area contributed by atoms with Gasteiger partial charge in [0.25, 0.3) is 5.89 Å². The molecule has 0 atom stereocenters. The Balaban J connectivity index is 1.77. The van der Waals surface area contributed by atoms with Crippen LogP contribution in [0, 0.1) is 11.6 Å². The second-order valence-corrected chi connectivity index (χ2v) is 4.99. The molecule has 0 radical (unpaired) electrons. The van der Waals surface area contributed by atoms with Crippen molar-refractivity contribution >= 4 is 5.97 Å². The lowest BCUT2D eigenvalue weighted by Crippen LogP contribution is -2.01. The first kappa shape index (κ1) is 15.8. The molecule has 0 unspecified atom stereocenters. The Hall–Kier alpha value is -3.09. The Morgan fingerprint density at radius 1 is 1.12 bits per heavy atom. The third-order valence-electron chi connectivity index (χ3n) is 3.36. The van der Waals surface area contributed by atoms with E-state index in [1.165, 1.54) is 13.2 Å². The van der Waals surface area contributed by atoms with Gasteiger partial charge in [0, 0.05) is 6.07 Å². The summed E-state index contributed by atoms with van der Waals surface area (Å²) in [6.45, 7) is 0. The molecule has 0 spiro atoms. The standard InChI is InChI=1S/C17H12F2N2O3/c1-23-17(22)11-4-2-10(3-5-11)8-15-20-21-16(24-15)13-7-6-12(18)9-14(13)19/h2-7,9H,8H2,1H3.